The van der Waals surface area contributed by atoms with E-state index >= 15 is 0 Å². The molecule has 1 aliphatic rings. The van der Waals surface area contributed by atoms with Crippen LogP contribution < -0.4 is 12.4 Å². The molecule has 343 valence electrons. The van der Waals surface area contributed by atoms with E-state index in [0.29, 0.717) is 11.1 Å². The summed E-state index contributed by atoms with van der Waals surface area (Å²) in [6.45, 7) is 4.40. The van der Waals surface area contributed by atoms with Gasteiger partial charge in [-0.25, -0.2) is 0 Å². The van der Waals surface area contributed by atoms with E-state index in [1.165, 1.54) is 0 Å². The van der Waals surface area contributed by atoms with E-state index in [2.05, 4.69) is 184 Å². The fraction of sp³-hybridized carbons (Fsp3) is 0.129. The van der Waals surface area contributed by atoms with Crippen LogP contribution in [0.15, 0.2) is 204 Å². The first kappa shape index (κ1) is 49.2. The smallest absolute Gasteiger partial charge is 1.00 e. The molecule has 1 fully saturated rings. The number of fused-ring (bicyclic) bond motifs is 4. The second-order valence-corrected chi connectivity index (χ2v) is 18.2. The second-order valence-electron chi connectivity index (χ2n) is 18.2. The van der Waals surface area contributed by atoms with E-state index < -0.39 is 11.1 Å². The number of phenols is 2. The Labute approximate surface area is 427 Å². The molecule has 0 amide bonds. The average Bonchev–Trinajstić information content (AvgIpc) is 3.39. The molecule has 11 rings (SSSR count). The number of aromatic hydroxyl groups is 2. The van der Waals surface area contributed by atoms with Gasteiger partial charge in [-0.1, -0.05) is 195 Å². The minimum atomic E-state index is -0.611. The quantitative estimate of drug-likeness (QED) is 0.0899. The van der Waals surface area contributed by atoms with E-state index in [1.54, 1.807) is 0 Å². The number of halogens is 1. The van der Waals surface area contributed by atoms with Crippen LogP contribution in [-0.2, 0) is 24.3 Å². The predicted octanol–water partition coefficient (Wildman–Crippen LogP) is 12.9. The zero-order chi connectivity index (χ0) is 46.8. The van der Waals surface area contributed by atoms with Crippen molar-refractivity contribution in [2.24, 2.45) is 9.98 Å². The summed E-state index contributed by atoms with van der Waals surface area (Å²) < 4.78 is 7.25. The van der Waals surface area contributed by atoms with Gasteiger partial charge in [-0.3, -0.25) is 9.98 Å². The maximum Gasteiger partial charge on any atom is 3.00 e. The first-order valence-electron chi connectivity index (χ1n) is 23.2. The van der Waals surface area contributed by atoms with Crippen molar-refractivity contribution < 1.29 is 46.9 Å². The van der Waals surface area contributed by atoms with Gasteiger partial charge in [0.15, 0.2) is 0 Å². The largest absolute Gasteiger partial charge is 3.00 e. The summed E-state index contributed by atoms with van der Waals surface area (Å²) in [7, 11) is 0. The Hall–Kier alpha value is -7.24. The Morgan fingerprint density at radius 2 is 0.743 bits per heavy atom. The van der Waals surface area contributed by atoms with Crippen molar-refractivity contribution in [1.29, 1.82) is 5.46 Å². The number of rotatable bonds is 8. The standard InChI is InChI=1S/C62H50N2O2.ClH.NO.Ru/c1-61(63-39-47-37-45-25-11-15-29-51(45)57(59(47)65)55-49-27-13-9-23-43(49)31-33-53(55)41-19-5-3-6-20-41)35-17-18-36-62(61,2)64-40-48-38-46-26-12-16-30-52(46)58(60(48)66)56-50-28-14-10-24-44(50)32-34-54(56)42-21-7-4-8-22-42;;1-2;/h3-16,19-34,37-40,65-66H,17-18,35-36H2,1-2H3;1H;;/q;;+1;+3/p-1/t61-,62-;;;/m0.../s1. The molecule has 2 atom stereocenters. The first-order chi connectivity index (χ1) is 33.3. The average molecular weight is 1020 g/mol. The number of nitrogens with zero attached hydrogens (tertiary/aromatic N) is 3. The van der Waals surface area contributed by atoms with Gasteiger partial charge in [0.1, 0.15) is 11.5 Å². The molecule has 0 bridgehead atoms. The van der Waals surface area contributed by atoms with Crippen LogP contribution in [0.1, 0.15) is 50.7 Å². The molecule has 6 nitrogen and oxygen atoms in total. The van der Waals surface area contributed by atoms with Crippen LogP contribution in [0.4, 0.5) is 0 Å². The normalized spacial score (nSPS) is 16.7. The molecule has 0 aliphatic heterocycles. The minimum absolute atomic E-state index is 0. The van der Waals surface area contributed by atoms with Crippen molar-refractivity contribution in [3.05, 3.63) is 205 Å². The fourth-order valence-corrected chi connectivity index (χ4v) is 10.5. The maximum absolute atomic E-state index is 12.6. The van der Waals surface area contributed by atoms with Crippen LogP contribution in [0, 0.1) is 5.46 Å². The summed E-state index contributed by atoms with van der Waals surface area (Å²) in [5.41, 5.74) is 13.7. The third-order valence-electron chi connectivity index (χ3n) is 14.3. The van der Waals surface area contributed by atoms with Gasteiger partial charge in [-0.2, -0.15) is 0 Å². The molecule has 10 aromatic rings. The molecule has 70 heavy (non-hydrogen) atoms. The van der Waals surface area contributed by atoms with E-state index in [0.717, 1.165) is 113 Å². The van der Waals surface area contributed by atoms with E-state index in [1.807, 2.05) is 36.7 Å². The molecule has 1 aliphatic carbocycles. The van der Waals surface area contributed by atoms with Gasteiger partial charge in [0.25, 0.3) is 0 Å². The zero-order valence-corrected chi connectivity index (χ0v) is 41.3. The second kappa shape index (κ2) is 20.8. The minimum Gasteiger partial charge on any atom is -1.00 e. The molecule has 1 radical (unpaired) electrons. The van der Waals surface area contributed by atoms with Gasteiger partial charge in [-0.05, 0) is 104 Å². The molecule has 0 heterocycles. The molecule has 0 spiro atoms. The maximum atomic E-state index is 12.6. The molecule has 1 saturated carbocycles. The Balaban J connectivity index is 0.00000163. The number of aliphatic imine (C=N–C) groups is 2. The van der Waals surface area contributed by atoms with Gasteiger partial charge in [0.05, 0.1) is 11.1 Å². The molecule has 0 saturated heterocycles. The summed E-state index contributed by atoms with van der Waals surface area (Å²) in [5.74, 6) is 0.403. The van der Waals surface area contributed by atoms with Gasteiger partial charge in [0.2, 0.25) is 0 Å². The molecular formula is C62H50ClN3O3Ru+3. The Bertz CT molecular complexity index is 3380. The number of benzene rings is 10. The van der Waals surface area contributed by atoms with E-state index in [9.17, 15) is 10.2 Å². The van der Waals surface area contributed by atoms with E-state index in [4.69, 9.17) is 20.2 Å². The molecule has 0 unspecified atom stereocenters. The number of hydrogen-bond donors (Lipinski definition) is 2. The third-order valence-corrected chi connectivity index (χ3v) is 14.3. The van der Waals surface area contributed by atoms with Gasteiger partial charge >= 0.3 is 29.7 Å². The monoisotopic (exact) mass is 1020 g/mol. The molecule has 2 N–H and O–H groups in total. The van der Waals surface area contributed by atoms with Crippen LogP contribution >= 0.6 is 0 Å². The topological polar surface area (TPSA) is 109 Å². The molecule has 8 heteroatoms. The Morgan fingerprint density at radius 3 is 1.11 bits per heavy atom. The van der Waals surface area contributed by atoms with Crippen molar-refractivity contribution in [2.45, 2.75) is 50.6 Å². The van der Waals surface area contributed by atoms with Crippen molar-refractivity contribution >= 4 is 55.5 Å². The Kier molecular flexibility index (Phi) is 14.6. The van der Waals surface area contributed by atoms with Gasteiger partial charge in [-0.15, -0.1) is 0 Å². The molecule has 10 aromatic carbocycles. The van der Waals surface area contributed by atoms with E-state index in [-0.39, 0.29) is 43.4 Å². The third kappa shape index (κ3) is 8.83. The summed E-state index contributed by atoms with van der Waals surface area (Å²) in [6, 6.07) is 67.1. The van der Waals surface area contributed by atoms with Crippen LogP contribution in [-0.4, -0.2) is 33.7 Å². The van der Waals surface area contributed by atoms with Crippen molar-refractivity contribution in [3.63, 3.8) is 0 Å². The number of hydrogen-bond acceptors (Lipinski definition) is 5. The van der Waals surface area contributed by atoms with Crippen LogP contribution in [0.3, 0.4) is 0 Å². The fourth-order valence-electron chi connectivity index (χ4n) is 10.5. The summed E-state index contributed by atoms with van der Waals surface area (Å²) >= 11 is 0. The van der Waals surface area contributed by atoms with Crippen molar-refractivity contribution in [3.8, 4) is 56.0 Å². The van der Waals surface area contributed by atoms with Gasteiger partial charge < -0.3 is 22.6 Å². The first-order valence-corrected chi connectivity index (χ1v) is 23.2. The molecule has 0 aromatic heterocycles. The zero-order valence-electron chi connectivity index (χ0n) is 38.8. The van der Waals surface area contributed by atoms with Crippen molar-refractivity contribution in [2.75, 3.05) is 0 Å². The van der Waals surface area contributed by atoms with Gasteiger partial charge in [0, 0.05) is 45.8 Å². The summed E-state index contributed by atoms with van der Waals surface area (Å²) in [4.78, 5) is 10.9. The Morgan fingerprint density at radius 1 is 0.429 bits per heavy atom. The number of phenolic OH excluding ortho intramolecular Hbond substituents is 2. The molecular weight excluding hydrogens is 971 g/mol. The van der Waals surface area contributed by atoms with Crippen molar-refractivity contribution in [1.82, 2.24) is 0 Å². The van der Waals surface area contributed by atoms with Crippen LogP contribution in [0.5, 0.6) is 11.5 Å². The van der Waals surface area contributed by atoms with Crippen LogP contribution in [0.25, 0.3) is 87.6 Å². The summed E-state index contributed by atoms with van der Waals surface area (Å²) in [6.07, 6.45) is 7.44. The SMILES string of the molecule is C[C@]1(N=Cc2cc3ccccc3c(-c3c(-c4ccccc4)ccc4ccccc34)c2O)CCCC[C@]1(C)N=Cc1cc2ccccc2c(-c2c(-c3ccccc3)ccc3ccccc23)c1O.N#[O+].[Cl-].[Ru+3]. The predicted molar refractivity (Wildman–Crippen MR) is 281 cm³/mol. The summed E-state index contributed by atoms with van der Waals surface area (Å²) in [5, 5.41) is 33.6. The van der Waals surface area contributed by atoms with Crippen LogP contribution in [0.2, 0.25) is 0 Å².